The highest BCUT2D eigenvalue weighted by atomic mass is 32.2. The summed E-state index contributed by atoms with van der Waals surface area (Å²) in [5.41, 5.74) is 0. The minimum absolute atomic E-state index is 0.0221. The zero-order valence-corrected chi connectivity index (χ0v) is 11.7. The number of aliphatic hydroxyl groups is 1. The van der Waals surface area contributed by atoms with E-state index in [9.17, 15) is 13.2 Å². The van der Waals surface area contributed by atoms with Gasteiger partial charge in [0.2, 0.25) is 10.9 Å². The minimum Gasteiger partial charge on any atom is -0.475 e. The van der Waals surface area contributed by atoms with Gasteiger partial charge >= 0.3 is 5.97 Å². The van der Waals surface area contributed by atoms with Crippen molar-refractivity contribution in [2.45, 2.75) is 36.8 Å². The number of rotatable bonds is 6. The van der Waals surface area contributed by atoms with Crippen molar-refractivity contribution in [1.29, 1.82) is 0 Å². The van der Waals surface area contributed by atoms with Crippen molar-refractivity contribution >= 4 is 16.0 Å². The number of aliphatic hydroxyl groups excluding tert-OH is 1. The summed E-state index contributed by atoms with van der Waals surface area (Å²) in [7, 11) is -3.81. The maximum atomic E-state index is 12.4. The third-order valence-corrected chi connectivity index (χ3v) is 5.20. The molecule has 1 atom stereocenters. The van der Waals surface area contributed by atoms with Crippen LogP contribution in [-0.2, 0) is 10.0 Å². The van der Waals surface area contributed by atoms with Gasteiger partial charge in [0.1, 0.15) is 0 Å². The van der Waals surface area contributed by atoms with Crippen LogP contribution in [0.4, 0.5) is 0 Å². The van der Waals surface area contributed by atoms with Crippen LogP contribution in [0.25, 0.3) is 0 Å². The summed E-state index contributed by atoms with van der Waals surface area (Å²) in [4.78, 5) is 10.7. The van der Waals surface area contributed by atoms with Gasteiger partial charge in [-0.25, -0.2) is 13.2 Å². The minimum atomic E-state index is -3.81. The average Bonchev–Trinajstić information content (AvgIpc) is 3.05. The molecule has 0 radical (unpaired) electrons. The van der Waals surface area contributed by atoms with Crippen LogP contribution >= 0.6 is 0 Å². The first-order chi connectivity index (χ1) is 9.46. The Morgan fingerprint density at radius 3 is 2.80 bits per heavy atom. The van der Waals surface area contributed by atoms with Crippen molar-refractivity contribution in [3.63, 3.8) is 0 Å². The Morgan fingerprint density at radius 1 is 1.45 bits per heavy atom. The molecule has 20 heavy (non-hydrogen) atoms. The van der Waals surface area contributed by atoms with Crippen molar-refractivity contribution in [2.24, 2.45) is 0 Å². The highest BCUT2D eigenvalue weighted by molar-refractivity contribution is 7.89. The Labute approximate surface area is 116 Å². The lowest BCUT2D eigenvalue weighted by Gasteiger charge is -2.22. The molecular weight excluding hydrogens is 286 g/mol. The molecule has 1 aromatic rings. The first-order valence-electron chi connectivity index (χ1n) is 6.42. The predicted molar refractivity (Wildman–Crippen MR) is 68.9 cm³/mol. The lowest BCUT2D eigenvalue weighted by molar-refractivity contribution is 0.0656. The molecule has 0 bridgehead atoms. The molecule has 112 valence electrons. The zero-order valence-electron chi connectivity index (χ0n) is 10.9. The molecule has 1 unspecified atom stereocenters. The monoisotopic (exact) mass is 303 g/mol. The van der Waals surface area contributed by atoms with Crippen molar-refractivity contribution in [3.05, 3.63) is 17.9 Å². The molecular formula is C12H17NO6S. The second kappa shape index (κ2) is 5.94. The molecule has 1 aromatic heterocycles. The molecule has 1 aliphatic rings. The Hall–Kier alpha value is -1.38. The molecule has 2 heterocycles. The molecule has 8 heteroatoms. The van der Waals surface area contributed by atoms with Gasteiger partial charge in [0, 0.05) is 19.2 Å². The summed E-state index contributed by atoms with van der Waals surface area (Å²) in [6, 6.07) is 2.14. The van der Waals surface area contributed by atoms with Crippen LogP contribution in [0.5, 0.6) is 0 Å². The first-order valence-corrected chi connectivity index (χ1v) is 7.86. The third kappa shape index (κ3) is 2.87. The van der Waals surface area contributed by atoms with Crippen LogP contribution in [0, 0.1) is 0 Å². The molecule has 1 aliphatic heterocycles. The summed E-state index contributed by atoms with van der Waals surface area (Å²) in [5, 5.41) is 17.3. The Morgan fingerprint density at radius 2 is 2.20 bits per heavy atom. The zero-order chi connectivity index (χ0) is 14.8. The largest absolute Gasteiger partial charge is 0.475 e. The average molecular weight is 303 g/mol. The number of aromatic carboxylic acids is 1. The van der Waals surface area contributed by atoms with Crippen LogP contribution in [0.3, 0.4) is 0 Å². The number of carboxylic acids is 1. The van der Waals surface area contributed by atoms with Gasteiger partial charge in [-0.1, -0.05) is 0 Å². The molecule has 0 aliphatic carbocycles. The first kappa shape index (κ1) is 15.0. The molecule has 0 spiro atoms. The van der Waals surface area contributed by atoms with Gasteiger partial charge in [0.05, 0.1) is 0 Å². The fourth-order valence-corrected chi connectivity index (χ4v) is 4.07. The van der Waals surface area contributed by atoms with E-state index in [2.05, 4.69) is 0 Å². The van der Waals surface area contributed by atoms with Crippen LogP contribution in [-0.4, -0.2) is 48.1 Å². The lowest BCUT2D eigenvalue weighted by atomic mass is 10.1. The standard InChI is InChI=1S/C12H17NO6S/c14-8-2-4-9-3-1-7-13(9)20(17,18)11-6-5-10(19-11)12(15)16/h5-6,9,14H,1-4,7-8H2,(H,15,16). The summed E-state index contributed by atoms with van der Waals surface area (Å²) in [5.74, 6) is -1.70. The van der Waals surface area contributed by atoms with Crippen molar-refractivity contribution in [3.8, 4) is 0 Å². The van der Waals surface area contributed by atoms with E-state index < -0.39 is 21.8 Å². The number of sulfonamides is 1. The quantitative estimate of drug-likeness (QED) is 0.808. The van der Waals surface area contributed by atoms with E-state index in [4.69, 9.17) is 14.6 Å². The third-order valence-electron chi connectivity index (χ3n) is 3.37. The summed E-state index contributed by atoms with van der Waals surface area (Å²) in [6.45, 7) is 0.413. The van der Waals surface area contributed by atoms with Crippen molar-refractivity contribution in [1.82, 2.24) is 4.31 Å². The molecule has 0 saturated carbocycles. The molecule has 0 amide bonds. The second-order valence-electron chi connectivity index (χ2n) is 4.70. The van der Waals surface area contributed by atoms with E-state index in [-0.39, 0.29) is 17.7 Å². The van der Waals surface area contributed by atoms with Crippen LogP contribution < -0.4 is 0 Å². The van der Waals surface area contributed by atoms with E-state index in [0.717, 1.165) is 18.9 Å². The van der Waals surface area contributed by atoms with Gasteiger partial charge in [0.15, 0.2) is 0 Å². The fourth-order valence-electron chi connectivity index (χ4n) is 2.43. The van der Waals surface area contributed by atoms with Crippen LogP contribution in [0.15, 0.2) is 21.6 Å². The van der Waals surface area contributed by atoms with Gasteiger partial charge in [-0.2, -0.15) is 4.31 Å². The molecule has 0 aromatic carbocycles. The van der Waals surface area contributed by atoms with E-state index in [1.54, 1.807) is 0 Å². The summed E-state index contributed by atoms with van der Waals surface area (Å²) < 4.78 is 31.1. The maximum absolute atomic E-state index is 12.4. The SMILES string of the molecule is O=C(O)c1ccc(S(=O)(=O)N2CCCC2CCCO)o1. The van der Waals surface area contributed by atoms with Gasteiger partial charge < -0.3 is 14.6 Å². The highest BCUT2D eigenvalue weighted by Crippen LogP contribution is 2.29. The molecule has 2 N–H and O–H groups in total. The van der Waals surface area contributed by atoms with Crippen LogP contribution in [0.1, 0.15) is 36.2 Å². The number of furan rings is 1. The van der Waals surface area contributed by atoms with Crippen molar-refractivity contribution in [2.75, 3.05) is 13.2 Å². The molecule has 1 saturated heterocycles. The number of carboxylic acid groups (broad SMARTS) is 1. The van der Waals surface area contributed by atoms with Gasteiger partial charge in [0.25, 0.3) is 10.0 Å². The van der Waals surface area contributed by atoms with E-state index >= 15 is 0 Å². The Balaban J connectivity index is 2.22. The topological polar surface area (TPSA) is 108 Å². The Bertz CT molecular complexity index is 579. The molecule has 1 fully saturated rings. The van der Waals surface area contributed by atoms with Crippen molar-refractivity contribution < 1.29 is 27.8 Å². The maximum Gasteiger partial charge on any atom is 0.371 e. The van der Waals surface area contributed by atoms with Gasteiger partial charge in [-0.05, 0) is 37.8 Å². The normalized spacial score (nSPS) is 20.4. The fraction of sp³-hybridized carbons (Fsp3) is 0.583. The number of carbonyl (C=O) groups is 1. The van der Waals surface area contributed by atoms with Crippen LogP contribution in [0.2, 0.25) is 0 Å². The summed E-state index contributed by atoms with van der Waals surface area (Å²) >= 11 is 0. The lowest BCUT2D eigenvalue weighted by Crippen LogP contribution is -2.35. The molecule has 7 nitrogen and oxygen atoms in total. The highest BCUT2D eigenvalue weighted by Gasteiger charge is 2.37. The van der Waals surface area contributed by atoms with Gasteiger partial charge in [-0.15, -0.1) is 0 Å². The summed E-state index contributed by atoms with van der Waals surface area (Å²) in [6.07, 6.45) is 2.62. The molecule has 2 rings (SSSR count). The van der Waals surface area contributed by atoms with E-state index in [1.165, 1.54) is 10.4 Å². The predicted octanol–water partition coefficient (Wildman–Crippen LogP) is 0.903. The number of hydrogen-bond acceptors (Lipinski definition) is 5. The Kier molecular flexibility index (Phi) is 4.46. The van der Waals surface area contributed by atoms with Gasteiger partial charge in [-0.3, -0.25) is 0 Å². The van der Waals surface area contributed by atoms with E-state index in [1.807, 2.05) is 0 Å². The smallest absolute Gasteiger partial charge is 0.371 e. The number of hydrogen-bond donors (Lipinski definition) is 2. The number of nitrogens with zero attached hydrogens (tertiary/aromatic N) is 1. The van der Waals surface area contributed by atoms with E-state index in [0.29, 0.717) is 19.4 Å². The second-order valence-corrected chi connectivity index (χ2v) is 6.52.